The molecule has 6 nitrogen and oxygen atoms in total. The third kappa shape index (κ3) is 3.10. The van der Waals surface area contributed by atoms with Crippen LogP contribution in [0.2, 0.25) is 0 Å². The van der Waals surface area contributed by atoms with Crippen molar-refractivity contribution < 1.29 is 18.7 Å². The summed E-state index contributed by atoms with van der Waals surface area (Å²) in [5.74, 6) is 1.16. The molecule has 6 rings (SSSR count). The van der Waals surface area contributed by atoms with Crippen LogP contribution in [0, 0.1) is 20.8 Å². The maximum Gasteiger partial charge on any atom is 0.291 e. The molecule has 2 aliphatic heterocycles. The first kappa shape index (κ1) is 20.5. The van der Waals surface area contributed by atoms with Gasteiger partial charge in [-0.1, -0.05) is 35.9 Å². The number of hydrogen-bond acceptors (Lipinski definition) is 5. The van der Waals surface area contributed by atoms with Crippen molar-refractivity contribution >= 4 is 16.9 Å². The van der Waals surface area contributed by atoms with Crippen LogP contribution in [0.15, 0.2) is 63.8 Å². The first-order chi connectivity index (χ1) is 16.4. The molecule has 0 fully saturated rings. The molecule has 1 aromatic heterocycles. The Morgan fingerprint density at radius 2 is 1.62 bits per heavy atom. The zero-order chi connectivity index (χ0) is 23.6. The monoisotopic (exact) mass is 453 g/mol. The minimum atomic E-state index is -0.546. The third-order valence-corrected chi connectivity index (χ3v) is 6.77. The molecule has 4 aromatic rings. The zero-order valence-corrected chi connectivity index (χ0v) is 19.2. The van der Waals surface area contributed by atoms with Gasteiger partial charge in [0.15, 0.2) is 16.9 Å². The molecular weight excluding hydrogens is 430 g/mol. The second-order valence-corrected chi connectivity index (χ2v) is 9.04. The Kier molecular flexibility index (Phi) is 4.52. The molecule has 0 radical (unpaired) electrons. The predicted octanol–water partition coefficient (Wildman–Crippen LogP) is 5.19. The molecule has 0 spiro atoms. The van der Waals surface area contributed by atoms with Crippen LogP contribution in [0.25, 0.3) is 11.0 Å². The van der Waals surface area contributed by atoms with Gasteiger partial charge in [-0.25, -0.2) is 0 Å². The average Bonchev–Trinajstić information content (AvgIpc) is 3.39. The van der Waals surface area contributed by atoms with Crippen LogP contribution in [0.1, 0.15) is 50.0 Å². The fourth-order valence-corrected chi connectivity index (χ4v) is 4.77. The van der Waals surface area contributed by atoms with Crippen molar-refractivity contribution in [2.75, 3.05) is 6.79 Å². The van der Waals surface area contributed by atoms with Crippen LogP contribution < -0.4 is 14.9 Å². The molecule has 0 aliphatic carbocycles. The maximum absolute atomic E-state index is 13.8. The van der Waals surface area contributed by atoms with E-state index in [1.807, 2.05) is 75.4 Å². The fraction of sp³-hybridized carbons (Fsp3) is 0.214. The number of hydrogen-bond donors (Lipinski definition) is 0. The van der Waals surface area contributed by atoms with Gasteiger partial charge in [0.1, 0.15) is 5.58 Å². The smallest absolute Gasteiger partial charge is 0.291 e. The summed E-state index contributed by atoms with van der Waals surface area (Å²) in [4.78, 5) is 29.1. The number of rotatable bonds is 3. The molecule has 0 saturated heterocycles. The van der Waals surface area contributed by atoms with Gasteiger partial charge < -0.3 is 18.8 Å². The van der Waals surface area contributed by atoms with E-state index in [9.17, 15) is 9.59 Å². The van der Waals surface area contributed by atoms with E-state index in [0.29, 0.717) is 34.6 Å². The van der Waals surface area contributed by atoms with E-state index in [1.54, 1.807) is 4.90 Å². The van der Waals surface area contributed by atoms with Crippen LogP contribution in [0.3, 0.4) is 0 Å². The summed E-state index contributed by atoms with van der Waals surface area (Å²) in [7, 11) is 0. The minimum Gasteiger partial charge on any atom is -0.454 e. The van der Waals surface area contributed by atoms with Gasteiger partial charge in [0.05, 0.1) is 17.0 Å². The van der Waals surface area contributed by atoms with Crippen molar-refractivity contribution in [3.8, 4) is 11.5 Å². The van der Waals surface area contributed by atoms with Crippen LogP contribution >= 0.6 is 0 Å². The molecule has 2 aliphatic rings. The van der Waals surface area contributed by atoms with E-state index in [1.165, 1.54) is 0 Å². The SMILES string of the molecule is Cc1ccc(C2c3c(oc4cc(C)c(C)cc4c3=O)C(=O)N2Cc2ccc3c(c2)OCO3)cc1. The van der Waals surface area contributed by atoms with E-state index in [2.05, 4.69) is 0 Å². The van der Waals surface area contributed by atoms with Gasteiger partial charge >= 0.3 is 0 Å². The van der Waals surface area contributed by atoms with Gasteiger partial charge in [-0.05, 0) is 67.3 Å². The van der Waals surface area contributed by atoms with Gasteiger partial charge in [0.2, 0.25) is 12.6 Å². The second-order valence-electron chi connectivity index (χ2n) is 9.04. The van der Waals surface area contributed by atoms with Gasteiger partial charge in [-0.15, -0.1) is 0 Å². The highest BCUT2D eigenvalue weighted by molar-refractivity contribution is 5.99. The highest BCUT2D eigenvalue weighted by Crippen LogP contribution is 2.40. The fourth-order valence-electron chi connectivity index (χ4n) is 4.77. The van der Waals surface area contributed by atoms with E-state index in [-0.39, 0.29) is 23.9 Å². The van der Waals surface area contributed by atoms with Crippen LogP contribution in [-0.2, 0) is 6.54 Å². The Hall–Kier alpha value is -4.06. The van der Waals surface area contributed by atoms with Crippen LogP contribution in [0.4, 0.5) is 0 Å². The number of amides is 1. The molecule has 0 N–H and O–H groups in total. The highest BCUT2D eigenvalue weighted by Gasteiger charge is 2.42. The molecule has 6 heteroatoms. The first-order valence-corrected chi connectivity index (χ1v) is 11.2. The summed E-state index contributed by atoms with van der Waals surface area (Å²) in [5, 5.41) is 0.497. The van der Waals surface area contributed by atoms with E-state index in [0.717, 1.165) is 27.8 Å². The lowest BCUT2D eigenvalue weighted by atomic mass is 9.96. The van der Waals surface area contributed by atoms with E-state index < -0.39 is 6.04 Å². The largest absolute Gasteiger partial charge is 0.454 e. The summed E-state index contributed by atoms with van der Waals surface area (Å²) in [5.41, 5.74) is 5.54. The zero-order valence-electron chi connectivity index (χ0n) is 19.2. The summed E-state index contributed by atoms with van der Waals surface area (Å²) in [6.07, 6.45) is 0. The van der Waals surface area contributed by atoms with Crippen LogP contribution in [0.5, 0.6) is 11.5 Å². The first-order valence-electron chi connectivity index (χ1n) is 11.2. The molecule has 3 aromatic carbocycles. The highest BCUT2D eigenvalue weighted by atomic mass is 16.7. The molecule has 1 amide bonds. The van der Waals surface area contributed by atoms with Gasteiger partial charge in [-0.2, -0.15) is 0 Å². The quantitative estimate of drug-likeness (QED) is 0.427. The Morgan fingerprint density at radius 3 is 2.41 bits per heavy atom. The standard InChI is InChI=1S/C28H23NO5/c1-15-4-7-19(8-5-15)25-24-26(30)20-10-16(2)17(3)11-22(20)34-27(24)28(31)29(25)13-18-6-9-21-23(12-18)33-14-32-21/h4-12,25H,13-14H2,1-3H3. The third-order valence-electron chi connectivity index (χ3n) is 6.77. The lowest BCUT2D eigenvalue weighted by Gasteiger charge is -2.25. The number of fused-ring (bicyclic) bond motifs is 3. The lowest BCUT2D eigenvalue weighted by Crippen LogP contribution is -2.29. The molecule has 1 atom stereocenters. The van der Waals surface area contributed by atoms with Gasteiger partial charge in [0, 0.05) is 6.54 Å². The summed E-state index contributed by atoms with van der Waals surface area (Å²) in [6.45, 7) is 6.42. The number of carbonyl (C=O) groups is 1. The normalized spacial score (nSPS) is 16.4. The number of benzene rings is 3. The molecule has 34 heavy (non-hydrogen) atoms. The Bertz CT molecular complexity index is 1530. The van der Waals surface area contributed by atoms with Crippen molar-refractivity contribution in [1.29, 1.82) is 0 Å². The maximum atomic E-state index is 13.8. The molecule has 0 saturated carbocycles. The Balaban J connectivity index is 1.53. The van der Waals surface area contributed by atoms with Crippen molar-refractivity contribution in [1.82, 2.24) is 4.90 Å². The van der Waals surface area contributed by atoms with Crippen molar-refractivity contribution in [3.05, 3.63) is 104 Å². The van der Waals surface area contributed by atoms with Crippen molar-refractivity contribution in [3.63, 3.8) is 0 Å². The average molecular weight is 453 g/mol. The predicted molar refractivity (Wildman–Crippen MR) is 127 cm³/mol. The van der Waals surface area contributed by atoms with Gasteiger partial charge in [0.25, 0.3) is 5.91 Å². The minimum absolute atomic E-state index is 0.118. The molecular formula is C28H23NO5. The molecule has 0 bridgehead atoms. The molecule has 170 valence electrons. The summed E-state index contributed by atoms with van der Waals surface area (Å²) < 4.78 is 17.0. The lowest BCUT2D eigenvalue weighted by molar-refractivity contribution is 0.0714. The summed E-state index contributed by atoms with van der Waals surface area (Å²) in [6, 6.07) is 16.7. The Morgan fingerprint density at radius 1 is 0.882 bits per heavy atom. The van der Waals surface area contributed by atoms with E-state index in [4.69, 9.17) is 13.9 Å². The van der Waals surface area contributed by atoms with Gasteiger partial charge in [-0.3, -0.25) is 9.59 Å². The summed E-state index contributed by atoms with van der Waals surface area (Å²) >= 11 is 0. The topological polar surface area (TPSA) is 69.0 Å². The second kappa shape index (κ2) is 7.48. The van der Waals surface area contributed by atoms with Crippen molar-refractivity contribution in [2.24, 2.45) is 0 Å². The number of carbonyl (C=O) groups excluding carboxylic acids is 1. The number of ether oxygens (including phenoxy) is 2. The molecule has 3 heterocycles. The molecule has 1 unspecified atom stereocenters. The number of nitrogens with zero attached hydrogens (tertiary/aromatic N) is 1. The van der Waals surface area contributed by atoms with Crippen molar-refractivity contribution in [2.45, 2.75) is 33.4 Å². The van der Waals surface area contributed by atoms with Crippen LogP contribution in [-0.4, -0.2) is 17.6 Å². The van der Waals surface area contributed by atoms with E-state index >= 15 is 0 Å². The number of aryl methyl sites for hydroxylation is 3. The Labute approximate surface area is 196 Å².